The van der Waals surface area contributed by atoms with Gasteiger partial charge in [0.1, 0.15) is 0 Å². The van der Waals surface area contributed by atoms with E-state index in [0.717, 1.165) is 13.0 Å². The second-order valence-electron chi connectivity index (χ2n) is 6.52. The largest absolute Gasteiger partial charge is 0.361 e. The van der Waals surface area contributed by atoms with E-state index in [0.29, 0.717) is 12.0 Å². The maximum absolute atomic E-state index is 3.75. The Bertz CT molecular complexity index is 756. The van der Waals surface area contributed by atoms with Crippen LogP contribution in [-0.2, 0) is 13.0 Å². The minimum Gasteiger partial charge on any atom is -0.361 e. The topological polar surface area (TPSA) is 27.8 Å². The van der Waals surface area contributed by atoms with Crippen molar-refractivity contribution in [3.05, 3.63) is 71.4 Å². The van der Waals surface area contributed by atoms with Crippen molar-refractivity contribution in [2.45, 2.75) is 39.8 Å². The zero-order chi connectivity index (χ0) is 16.2. The molecule has 0 bridgehead atoms. The molecule has 3 rings (SSSR count). The van der Waals surface area contributed by atoms with Crippen molar-refractivity contribution >= 4 is 10.9 Å². The van der Waals surface area contributed by atoms with Crippen molar-refractivity contribution < 1.29 is 0 Å². The summed E-state index contributed by atoms with van der Waals surface area (Å²) in [5, 5.41) is 5.09. The monoisotopic (exact) mass is 306 g/mol. The first-order chi connectivity index (χ1) is 11.2. The van der Waals surface area contributed by atoms with Crippen LogP contribution in [0.3, 0.4) is 0 Å². The van der Waals surface area contributed by atoms with Crippen LogP contribution in [0.15, 0.2) is 54.7 Å². The highest BCUT2D eigenvalue weighted by molar-refractivity contribution is 5.86. The van der Waals surface area contributed by atoms with E-state index in [1.54, 1.807) is 0 Å². The maximum Gasteiger partial charge on any atom is 0.0489 e. The number of nitrogens with one attached hydrogen (secondary N) is 2. The number of aryl methyl sites for hydroxylation is 1. The molecule has 0 spiro atoms. The molecule has 0 aliphatic carbocycles. The van der Waals surface area contributed by atoms with E-state index in [9.17, 15) is 0 Å². The van der Waals surface area contributed by atoms with Crippen molar-refractivity contribution in [3.63, 3.8) is 0 Å². The van der Waals surface area contributed by atoms with E-state index in [4.69, 9.17) is 0 Å². The Balaban J connectivity index is 1.82. The Kier molecular flexibility index (Phi) is 4.82. The fourth-order valence-electron chi connectivity index (χ4n) is 3.33. The predicted octanol–water partition coefficient (Wildman–Crippen LogP) is 5.22. The molecule has 0 saturated carbocycles. The van der Waals surface area contributed by atoms with Gasteiger partial charge in [-0.15, -0.1) is 0 Å². The lowest BCUT2D eigenvalue weighted by Crippen LogP contribution is -2.25. The highest BCUT2D eigenvalue weighted by Gasteiger charge is 2.15. The average Bonchev–Trinajstić information content (AvgIpc) is 2.99. The van der Waals surface area contributed by atoms with Crippen LogP contribution in [0.1, 0.15) is 43.5 Å². The molecule has 2 N–H and O–H groups in total. The van der Waals surface area contributed by atoms with Crippen LogP contribution in [0.4, 0.5) is 0 Å². The van der Waals surface area contributed by atoms with Crippen LogP contribution >= 0.6 is 0 Å². The summed E-state index contributed by atoms with van der Waals surface area (Å²) in [6.07, 6.45) is 3.21. The molecule has 2 aromatic carbocycles. The molecule has 23 heavy (non-hydrogen) atoms. The van der Waals surface area contributed by atoms with E-state index in [1.807, 2.05) is 0 Å². The first-order valence-corrected chi connectivity index (χ1v) is 8.57. The van der Waals surface area contributed by atoms with E-state index >= 15 is 0 Å². The third-order valence-corrected chi connectivity index (χ3v) is 4.61. The molecule has 2 heteroatoms. The number of hydrogen-bond acceptors (Lipinski definition) is 1. The van der Waals surface area contributed by atoms with Crippen LogP contribution in [0.5, 0.6) is 0 Å². The van der Waals surface area contributed by atoms with Gasteiger partial charge in [0, 0.05) is 29.7 Å². The molecule has 120 valence electrons. The van der Waals surface area contributed by atoms with Gasteiger partial charge in [0.2, 0.25) is 0 Å². The normalized spacial score (nSPS) is 12.9. The van der Waals surface area contributed by atoms with Gasteiger partial charge in [0.15, 0.2) is 0 Å². The number of rotatable bonds is 6. The van der Waals surface area contributed by atoms with Crippen molar-refractivity contribution in [1.29, 1.82) is 0 Å². The number of aromatic nitrogens is 1. The average molecular weight is 306 g/mol. The van der Waals surface area contributed by atoms with Gasteiger partial charge in [0.25, 0.3) is 0 Å². The van der Waals surface area contributed by atoms with Crippen LogP contribution in [0, 0.1) is 5.92 Å². The molecule has 3 aromatic rings. The number of para-hydroxylation sites is 1. The molecule has 0 radical (unpaired) electrons. The zero-order valence-corrected chi connectivity index (χ0v) is 14.3. The molecule has 0 aliphatic heterocycles. The Morgan fingerprint density at radius 2 is 1.74 bits per heavy atom. The molecule has 1 atom stereocenters. The first kappa shape index (κ1) is 15.8. The zero-order valence-electron chi connectivity index (χ0n) is 14.3. The molecule has 0 saturated heterocycles. The van der Waals surface area contributed by atoms with Gasteiger partial charge in [-0.05, 0) is 29.0 Å². The van der Waals surface area contributed by atoms with E-state index in [2.05, 4.69) is 85.8 Å². The lowest BCUT2D eigenvalue weighted by molar-refractivity contribution is 0.411. The van der Waals surface area contributed by atoms with Gasteiger partial charge in [0.05, 0.1) is 0 Å². The summed E-state index contributed by atoms with van der Waals surface area (Å²) in [4.78, 5) is 3.46. The fraction of sp³-hybridized carbons (Fsp3) is 0.333. The fourth-order valence-corrected chi connectivity index (χ4v) is 3.33. The summed E-state index contributed by atoms with van der Waals surface area (Å²) < 4.78 is 0. The maximum atomic E-state index is 3.75. The van der Waals surface area contributed by atoms with Gasteiger partial charge >= 0.3 is 0 Å². The highest BCUT2D eigenvalue weighted by atomic mass is 14.9. The minimum absolute atomic E-state index is 0.371. The Morgan fingerprint density at radius 1 is 0.957 bits per heavy atom. The molecule has 1 aromatic heterocycles. The van der Waals surface area contributed by atoms with E-state index in [1.165, 1.54) is 27.6 Å². The summed E-state index contributed by atoms with van der Waals surface area (Å²) >= 11 is 0. The third-order valence-electron chi connectivity index (χ3n) is 4.61. The highest BCUT2D eigenvalue weighted by Crippen LogP contribution is 2.25. The molecule has 0 fully saturated rings. The Hall–Kier alpha value is -2.06. The van der Waals surface area contributed by atoms with Crippen LogP contribution in [-0.4, -0.2) is 4.98 Å². The number of benzene rings is 2. The van der Waals surface area contributed by atoms with E-state index < -0.39 is 0 Å². The quantitative estimate of drug-likeness (QED) is 0.642. The Morgan fingerprint density at radius 3 is 2.43 bits per heavy atom. The lowest BCUT2D eigenvalue weighted by atomic mass is 9.96. The number of fused-ring (bicyclic) bond motifs is 1. The van der Waals surface area contributed by atoms with Crippen LogP contribution < -0.4 is 5.32 Å². The number of H-pyrrole nitrogens is 1. The summed E-state index contributed by atoms with van der Waals surface area (Å²) in [6.45, 7) is 7.63. The molecule has 2 nitrogen and oxygen atoms in total. The standard InChI is InChI=1S/C21H26N2/c1-4-16-11-8-12-19-18(14-23-21(16)19)13-22-20(15(2)3)17-9-6-5-7-10-17/h5-12,14-15,20,22-23H,4,13H2,1-3H3/t20-/m0/s1. The second kappa shape index (κ2) is 7.01. The van der Waals surface area contributed by atoms with Crippen LogP contribution in [0.2, 0.25) is 0 Å². The molecular weight excluding hydrogens is 280 g/mol. The summed E-state index contributed by atoms with van der Waals surface area (Å²) in [6, 6.07) is 17.7. The second-order valence-corrected chi connectivity index (χ2v) is 6.52. The SMILES string of the molecule is CCc1cccc2c(CN[C@H](c3ccccc3)C(C)C)c[nH]c12. The van der Waals surface area contributed by atoms with Gasteiger partial charge in [-0.2, -0.15) is 0 Å². The van der Waals surface area contributed by atoms with Crippen molar-refractivity contribution in [1.82, 2.24) is 10.3 Å². The van der Waals surface area contributed by atoms with Gasteiger partial charge < -0.3 is 10.3 Å². The lowest BCUT2D eigenvalue weighted by Gasteiger charge is -2.23. The molecule has 0 amide bonds. The Labute approximate surface area is 138 Å². The van der Waals surface area contributed by atoms with E-state index in [-0.39, 0.29) is 0 Å². The molecule has 1 heterocycles. The summed E-state index contributed by atoms with van der Waals surface area (Å²) in [7, 11) is 0. The summed E-state index contributed by atoms with van der Waals surface area (Å²) in [5.41, 5.74) is 5.37. The first-order valence-electron chi connectivity index (χ1n) is 8.57. The number of aromatic amines is 1. The van der Waals surface area contributed by atoms with Gasteiger partial charge in [-0.25, -0.2) is 0 Å². The minimum atomic E-state index is 0.371. The van der Waals surface area contributed by atoms with Crippen molar-refractivity contribution in [2.75, 3.05) is 0 Å². The molecule has 0 aliphatic rings. The predicted molar refractivity (Wildman–Crippen MR) is 98.5 cm³/mol. The molecule has 0 unspecified atom stereocenters. The summed E-state index contributed by atoms with van der Waals surface area (Å²) in [5.74, 6) is 0.550. The van der Waals surface area contributed by atoms with Gasteiger partial charge in [-0.3, -0.25) is 0 Å². The van der Waals surface area contributed by atoms with Gasteiger partial charge in [-0.1, -0.05) is 69.3 Å². The van der Waals surface area contributed by atoms with Crippen LogP contribution in [0.25, 0.3) is 10.9 Å². The molecular formula is C21H26N2. The van der Waals surface area contributed by atoms with Crippen molar-refractivity contribution in [2.24, 2.45) is 5.92 Å². The smallest absolute Gasteiger partial charge is 0.0489 e. The van der Waals surface area contributed by atoms with Crippen molar-refractivity contribution in [3.8, 4) is 0 Å². The third kappa shape index (κ3) is 3.32. The number of hydrogen-bond donors (Lipinski definition) is 2.